The summed E-state index contributed by atoms with van der Waals surface area (Å²) in [5.74, 6) is -1.30. The number of esters is 2. The monoisotopic (exact) mass is 202 g/mol. The normalized spacial score (nSPS) is 18.1. The Balaban J connectivity index is 2.65. The minimum Gasteiger partial charge on any atom is -0.463 e. The summed E-state index contributed by atoms with van der Waals surface area (Å²) >= 11 is 0. The first-order valence-electron chi connectivity index (χ1n) is 4.65. The lowest BCUT2D eigenvalue weighted by atomic mass is 9.95. The van der Waals surface area contributed by atoms with Crippen molar-refractivity contribution in [2.75, 3.05) is 19.8 Å². The van der Waals surface area contributed by atoms with Crippen molar-refractivity contribution in [2.45, 2.75) is 25.9 Å². The molecule has 0 aliphatic carbocycles. The molecule has 1 saturated heterocycles. The molecule has 1 aliphatic heterocycles. The number of carbonyl (C=O) groups excluding carboxylic acids is 2. The highest BCUT2D eigenvalue weighted by Crippen LogP contribution is 2.29. The van der Waals surface area contributed by atoms with Gasteiger partial charge in [0.05, 0.1) is 19.8 Å². The quantitative estimate of drug-likeness (QED) is 0.483. The highest BCUT2D eigenvalue weighted by molar-refractivity contribution is 6.04. The predicted molar refractivity (Wildman–Crippen MR) is 46.6 cm³/mol. The van der Waals surface area contributed by atoms with Crippen molar-refractivity contribution in [3.63, 3.8) is 0 Å². The molecule has 0 atom stereocenters. The molecular weight excluding hydrogens is 188 g/mol. The molecule has 1 aliphatic rings. The van der Waals surface area contributed by atoms with Gasteiger partial charge in [-0.05, 0) is 13.8 Å². The smallest absolute Gasteiger partial charge is 0.350 e. The van der Waals surface area contributed by atoms with Gasteiger partial charge < -0.3 is 14.2 Å². The Morgan fingerprint density at radius 1 is 1.21 bits per heavy atom. The van der Waals surface area contributed by atoms with Gasteiger partial charge in [-0.1, -0.05) is 0 Å². The summed E-state index contributed by atoms with van der Waals surface area (Å²) in [5, 5.41) is 0. The van der Waals surface area contributed by atoms with Crippen molar-refractivity contribution in [2.24, 2.45) is 0 Å². The molecule has 1 heterocycles. The number of hydrogen-bond donors (Lipinski definition) is 0. The molecule has 0 unspecified atom stereocenters. The summed E-state index contributed by atoms with van der Waals surface area (Å²) in [4.78, 5) is 22.8. The minimum atomic E-state index is -1.48. The number of ether oxygens (including phenoxy) is 3. The highest BCUT2D eigenvalue weighted by Gasteiger charge is 2.55. The van der Waals surface area contributed by atoms with Gasteiger partial charge in [-0.15, -0.1) is 0 Å². The lowest BCUT2D eigenvalue weighted by Crippen LogP contribution is -2.58. The van der Waals surface area contributed by atoms with Crippen molar-refractivity contribution in [3.8, 4) is 0 Å². The molecule has 0 bridgehead atoms. The lowest BCUT2D eigenvalue weighted by molar-refractivity contribution is -0.214. The van der Waals surface area contributed by atoms with Crippen LogP contribution >= 0.6 is 0 Å². The third-order valence-corrected chi connectivity index (χ3v) is 2.01. The zero-order chi connectivity index (χ0) is 10.6. The van der Waals surface area contributed by atoms with Crippen LogP contribution in [0.5, 0.6) is 0 Å². The summed E-state index contributed by atoms with van der Waals surface area (Å²) in [5.41, 5.74) is -1.48. The van der Waals surface area contributed by atoms with Gasteiger partial charge in [0.2, 0.25) is 0 Å². The first kappa shape index (κ1) is 11.0. The van der Waals surface area contributed by atoms with Gasteiger partial charge in [0, 0.05) is 6.42 Å². The van der Waals surface area contributed by atoms with E-state index in [9.17, 15) is 9.59 Å². The van der Waals surface area contributed by atoms with Crippen LogP contribution in [0.4, 0.5) is 0 Å². The summed E-state index contributed by atoms with van der Waals surface area (Å²) in [6.07, 6.45) is 0.338. The second-order valence-electron chi connectivity index (χ2n) is 2.87. The number of carbonyl (C=O) groups is 2. The summed E-state index contributed by atoms with van der Waals surface area (Å²) in [6, 6.07) is 0. The lowest BCUT2D eigenvalue weighted by Gasteiger charge is -2.36. The molecule has 0 N–H and O–H groups in total. The number of rotatable bonds is 4. The third-order valence-electron chi connectivity index (χ3n) is 2.01. The van der Waals surface area contributed by atoms with Gasteiger partial charge in [-0.25, -0.2) is 9.59 Å². The van der Waals surface area contributed by atoms with Crippen LogP contribution in [0.3, 0.4) is 0 Å². The van der Waals surface area contributed by atoms with Crippen molar-refractivity contribution >= 4 is 11.9 Å². The van der Waals surface area contributed by atoms with Gasteiger partial charge in [-0.3, -0.25) is 0 Å². The molecule has 0 amide bonds. The van der Waals surface area contributed by atoms with E-state index in [2.05, 4.69) is 0 Å². The Labute approximate surface area is 82.3 Å². The molecule has 14 heavy (non-hydrogen) atoms. The van der Waals surface area contributed by atoms with Crippen LogP contribution in [0.25, 0.3) is 0 Å². The molecule has 1 rings (SSSR count). The Morgan fingerprint density at radius 2 is 1.64 bits per heavy atom. The second-order valence-corrected chi connectivity index (χ2v) is 2.87. The molecule has 0 aromatic rings. The van der Waals surface area contributed by atoms with Gasteiger partial charge in [0.25, 0.3) is 5.60 Å². The largest absolute Gasteiger partial charge is 0.463 e. The molecule has 0 aromatic heterocycles. The van der Waals surface area contributed by atoms with E-state index in [0.717, 1.165) is 0 Å². The van der Waals surface area contributed by atoms with E-state index in [-0.39, 0.29) is 13.2 Å². The Bertz CT molecular complexity index is 211. The van der Waals surface area contributed by atoms with E-state index >= 15 is 0 Å². The maximum atomic E-state index is 11.4. The summed E-state index contributed by atoms with van der Waals surface area (Å²) in [7, 11) is 0. The summed E-state index contributed by atoms with van der Waals surface area (Å²) in [6.45, 7) is 4.19. The molecule has 0 saturated carbocycles. The standard InChI is InChI=1S/C9H14O5/c1-3-12-7(10)9(5-6-14-9)8(11)13-4-2/h3-6H2,1-2H3. The van der Waals surface area contributed by atoms with Gasteiger partial charge >= 0.3 is 11.9 Å². The molecule has 1 fully saturated rings. The van der Waals surface area contributed by atoms with Crippen LogP contribution < -0.4 is 0 Å². The minimum absolute atomic E-state index is 0.226. The maximum absolute atomic E-state index is 11.4. The first-order chi connectivity index (χ1) is 6.67. The first-order valence-corrected chi connectivity index (χ1v) is 4.65. The molecule has 0 spiro atoms. The fraction of sp³-hybridized carbons (Fsp3) is 0.778. The van der Waals surface area contributed by atoms with E-state index in [4.69, 9.17) is 14.2 Å². The molecule has 5 nitrogen and oxygen atoms in total. The fourth-order valence-corrected chi connectivity index (χ4v) is 1.21. The van der Waals surface area contributed by atoms with Crippen molar-refractivity contribution < 1.29 is 23.8 Å². The van der Waals surface area contributed by atoms with Crippen LogP contribution in [0, 0.1) is 0 Å². The van der Waals surface area contributed by atoms with Crippen molar-refractivity contribution in [1.82, 2.24) is 0 Å². The topological polar surface area (TPSA) is 61.8 Å². The molecule has 80 valence electrons. The molecule has 5 heteroatoms. The summed E-state index contributed by atoms with van der Waals surface area (Å²) < 4.78 is 14.5. The number of hydrogen-bond acceptors (Lipinski definition) is 5. The van der Waals surface area contributed by atoms with E-state index in [1.165, 1.54) is 0 Å². The van der Waals surface area contributed by atoms with Crippen molar-refractivity contribution in [1.29, 1.82) is 0 Å². The zero-order valence-corrected chi connectivity index (χ0v) is 8.37. The van der Waals surface area contributed by atoms with E-state index < -0.39 is 17.5 Å². The Hall–Kier alpha value is -1.10. The molecular formula is C9H14O5. The van der Waals surface area contributed by atoms with Crippen molar-refractivity contribution in [3.05, 3.63) is 0 Å². The second kappa shape index (κ2) is 4.41. The molecule has 0 radical (unpaired) electrons. The van der Waals surface area contributed by atoms with E-state index in [0.29, 0.717) is 13.0 Å². The predicted octanol–water partition coefficient (Wildman–Crippen LogP) is 0.272. The van der Waals surface area contributed by atoms with Crippen LogP contribution in [0.15, 0.2) is 0 Å². The highest BCUT2D eigenvalue weighted by atomic mass is 16.6. The zero-order valence-electron chi connectivity index (χ0n) is 8.37. The fourth-order valence-electron chi connectivity index (χ4n) is 1.21. The van der Waals surface area contributed by atoms with Crippen LogP contribution in [0.1, 0.15) is 20.3 Å². The SMILES string of the molecule is CCOC(=O)C1(C(=O)OCC)CCO1. The van der Waals surface area contributed by atoms with E-state index in [1.54, 1.807) is 13.8 Å². The van der Waals surface area contributed by atoms with Gasteiger partial charge in [0.1, 0.15) is 0 Å². The Kier molecular flexibility index (Phi) is 3.46. The van der Waals surface area contributed by atoms with E-state index in [1.807, 2.05) is 0 Å². The average molecular weight is 202 g/mol. The van der Waals surface area contributed by atoms with Gasteiger partial charge in [0.15, 0.2) is 0 Å². The maximum Gasteiger partial charge on any atom is 0.350 e. The molecule has 0 aromatic carbocycles. The van der Waals surface area contributed by atoms with Crippen LogP contribution in [-0.2, 0) is 23.8 Å². The van der Waals surface area contributed by atoms with Crippen LogP contribution in [-0.4, -0.2) is 37.4 Å². The Morgan fingerprint density at radius 3 is 1.86 bits per heavy atom. The van der Waals surface area contributed by atoms with Crippen LogP contribution in [0.2, 0.25) is 0 Å². The average Bonchev–Trinajstić information content (AvgIpc) is 2.02. The van der Waals surface area contributed by atoms with Gasteiger partial charge in [-0.2, -0.15) is 0 Å². The third kappa shape index (κ3) is 1.72.